The number of pyridine rings is 1. The molecule has 2 N–H and O–H groups in total. The summed E-state index contributed by atoms with van der Waals surface area (Å²) in [5.41, 5.74) is 0.530. The van der Waals surface area contributed by atoms with Crippen molar-refractivity contribution in [3.05, 3.63) is 66.5 Å². The Morgan fingerprint density at radius 2 is 1.85 bits per heavy atom. The van der Waals surface area contributed by atoms with Gasteiger partial charge < -0.3 is 20.1 Å². The van der Waals surface area contributed by atoms with E-state index in [4.69, 9.17) is 9.47 Å². The molecular formula is C19H21N3O4. The van der Waals surface area contributed by atoms with Gasteiger partial charge in [-0.3, -0.25) is 14.6 Å². The Hall–Kier alpha value is -3.35. The van der Waals surface area contributed by atoms with Crippen LogP contribution in [-0.2, 0) is 0 Å². The monoisotopic (exact) mass is 355 g/mol. The van der Waals surface area contributed by atoms with Crippen molar-refractivity contribution in [2.75, 3.05) is 26.8 Å². The van der Waals surface area contributed by atoms with E-state index in [9.17, 15) is 9.59 Å². The van der Waals surface area contributed by atoms with Crippen LogP contribution < -0.4 is 20.1 Å². The number of amides is 2. The van der Waals surface area contributed by atoms with Gasteiger partial charge in [0.25, 0.3) is 11.8 Å². The average Bonchev–Trinajstić information content (AvgIpc) is 2.69. The number of nitrogens with zero attached hydrogens (tertiary/aromatic N) is 1. The quantitative estimate of drug-likeness (QED) is 0.529. The van der Waals surface area contributed by atoms with Crippen molar-refractivity contribution in [3.63, 3.8) is 0 Å². The normalized spacial score (nSPS) is 9.88. The maximum absolute atomic E-state index is 12.1. The van der Waals surface area contributed by atoms with E-state index < -0.39 is 0 Å². The van der Waals surface area contributed by atoms with Crippen molar-refractivity contribution < 1.29 is 19.1 Å². The van der Waals surface area contributed by atoms with Crippen LogP contribution in [0.2, 0.25) is 0 Å². The Morgan fingerprint density at radius 1 is 1.12 bits per heavy atom. The molecule has 0 fully saturated rings. The zero-order valence-corrected chi connectivity index (χ0v) is 14.5. The summed E-state index contributed by atoms with van der Waals surface area (Å²) < 4.78 is 10.6. The van der Waals surface area contributed by atoms with Gasteiger partial charge in [-0.15, -0.1) is 6.58 Å². The molecule has 0 saturated heterocycles. The summed E-state index contributed by atoms with van der Waals surface area (Å²) in [4.78, 5) is 28.0. The van der Waals surface area contributed by atoms with E-state index in [1.165, 1.54) is 12.3 Å². The fraction of sp³-hybridized carbons (Fsp3) is 0.211. The van der Waals surface area contributed by atoms with Gasteiger partial charge >= 0.3 is 0 Å². The van der Waals surface area contributed by atoms with Crippen LogP contribution in [0.3, 0.4) is 0 Å². The zero-order valence-electron chi connectivity index (χ0n) is 14.5. The van der Waals surface area contributed by atoms with E-state index in [2.05, 4.69) is 22.2 Å². The summed E-state index contributed by atoms with van der Waals surface area (Å²) in [6, 6.07) is 10.1. The number of ether oxygens (including phenoxy) is 2. The third kappa shape index (κ3) is 5.62. The summed E-state index contributed by atoms with van der Waals surface area (Å²) >= 11 is 0. The van der Waals surface area contributed by atoms with Crippen molar-refractivity contribution in [2.24, 2.45) is 0 Å². The molecule has 1 aromatic heterocycles. The largest absolute Gasteiger partial charge is 0.497 e. The van der Waals surface area contributed by atoms with Gasteiger partial charge in [0.15, 0.2) is 0 Å². The maximum atomic E-state index is 12.1. The molecule has 0 atom stereocenters. The Labute approximate surface area is 152 Å². The van der Waals surface area contributed by atoms with E-state index in [1.807, 2.05) is 0 Å². The maximum Gasteiger partial charge on any atom is 0.270 e. The molecule has 0 spiro atoms. The highest BCUT2D eigenvalue weighted by Crippen LogP contribution is 2.16. The van der Waals surface area contributed by atoms with E-state index in [-0.39, 0.29) is 17.5 Å². The molecule has 0 aliphatic rings. The first-order chi connectivity index (χ1) is 12.6. The third-order valence-corrected chi connectivity index (χ3v) is 3.38. The van der Waals surface area contributed by atoms with E-state index >= 15 is 0 Å². The topological polar surface area (TPSA) is 89.6 Å². The van der Waals surface area contributed by atoms with Crippen molar-refractivity contribution in [3.8, 4) is 11.5 Å². The Kier molecular flexibility index (Phi) is 7.17. The summed E-state index contributed by atoms with van der Waals surface area (Å²) in [6.45, 7) is 4.50. The molecule has 0 radical (unpaired) electrons. The second kappa shape index (κ2) is 9.83. The first-order valence-corrected chi connectivity index (χ1v) is 8.04. The van der Waals surface area contributed by atoms with Gasteiger partial charge in [0.1, 0.15) is 23.8 Å². The molecular weight excluding hydrogens is 334 g/mol. The Bertz CT molecular complexity index is 760. The second-order valence-corrected chi connectivity index (χ2v) is 5.21. The minimum absolute atomic E-state index is 0.167. The third-order valence-electron chi connectivity index (χ3n) is 3.38. The number of carbonyl (C=O) groups is 2. The highest BCUT2D eigenvalue weighted by atomic mass is 16.5. The van der Waals surface area contributed by atoms with E-state index in [1.54, 1.807) is 43.5 Å². The van der Waals surface area contributed by atoms with Crippen molar-refractivity contribution in [1.82, 2.24) is 15.6 Å². The minimum atomic E-state index is -0.373. The number of benzene rings is 1. The van der Waals surface area contributed by atoms with Crippen LogP contribution >= 0.6 is 0 Å². The fourth-order valence-corrected chi connectivity index (χ4v) is 2.06. The molecule has 0 bridgehead atoms. The predicted molar refractivity (Wildman–Crippen MR) is 97.6 cm³/mol. The SMILES string of the molecule is C=CCNC(=O)c1ccnc(C(=O)NCCOc2ccc(OC)cc2)c1. The average molecular weight is 355 g/mol. The summed E-state index contributed by atoms with van der Waals surface area (Å²) in [6.07, 6.45) is 3.00. The molecule has 1 aromatic carbocycles. The lowest BCUT2D eigenvalue weighted by atomic mass is 10.2. The molecule has 0 aliphatic carbocycles. The van der Waals surface area contributed by atoms with Crippen LogP contribution in [0.4, 0.5) is 0 Å². The summed E-state index contributed by atoms with van der Waals surface area (Å²) in [5, 5.41) is 5.35. The smallest absolute Gasteiger partial charge is 0.270 e. The number of aromatic nitrogens is 1. The molecule has 2 rings (SSSR count). The number of nitrogens with one attached hydrogen (secondary N) is 2. The number of hydrogen-bond acceptors (Lipinski definition) is 5. The van der Waals surface area contributed by atoms with Crippen LogP contribution in [-0.4, -0.2) is 43.6 Å². The molecule has 7 nitrogen and oxygen atoms in total. The molecule has 2 aromatic rings. The van der Waals surface area contributed by atoms with Crippen LogP contribution in [0, 0.1) is 0 Å². The molecule has 7 heteroatoms. The molecule has 26 heavy (non-hydrogen) atoms. The minimum Gasteiger partial charge on any atom is -0.497 e. The van der Waals surface area contributed by atoms with Gasteiger partial charge in [0.05, 0.1) is 13.7 Å². The number of rotatable bonds is 9. The lowest BCUT2D eigenvalue weighted by molar-refractivity contribution is 0.0942. The van der Waals surface area contributed by atoms with Gasteiger partial charge in [-0.05, 0) is 36.4 Å². The van der Waals surface area contributed by atoms with Crippen molar-refractivity contribution in [2.45, 2.75) is 0 Å². The van der Waals surface area contributed by atoms with E-state index in [0.717, 1.165) is 5.75 Å². The standard InChI is InChI=1S/C19H21N3O4/c1-3-9-21-18(23)14-8-10-20-17(13-14)19(24)22-11-12-26-16-6-4-15(25-2)5-7-16/h3-8,10,13H,1,9,11-12H2,2H3,(H,21,23)(H,22,24). The zero-order chi connectivity index (χ0) is 18.8. The summed E-state index contributed by atoms with van der Waals surface area (Å²) in [7, 11) is 1.59. The molecule has 0 aliphatic heterocycles. The van der Waals surface area contributed by atoms with Crippen LogP contribution in [0.1, 0.15) is 20.8 Å². The lowest BCUT2D eigenvalue weighted by Gasteiger charge is -2.09. The summed E-state index contributed by atoms with van der Waals surface area (Å²) in [5.74, 6) is 0.763. The molecule has 2 amide bonds. The van der Waals surface area contributed by atoms with Crippen LogP contribution in [0.25, 0.3) is 0 Å². The molecule has 1 heterocycles. The van der Waals surface area contributed by atoms with Crippen LogP contribution in [0.5, 0.6) is 11.5 Å². The van der Waals surface area contributed by atoms with Gasteiger partial charge in [-0.2, -0.15) is 0 Å². The van der Waals surface area contributed by atoms with Gasteiger partial charge in [0.2, 0.25) is 0 Å². The van der Waals surface area contributed by atoms with Gasteiger partial charge in [-0.25, -0.2) is 0 Å². The molecule has 0 saturated carbocycles. The second-order valence-electron chi connectivity index (χ2n) is 5.21. The number of carbonyl (C=O) groups excluding carboxylic acids is 2. The molecule has 0 unspecified atom stereocenters. The Morgan fingerprint density at radius 3 is 2.54 bits per heavy atom. The van der Waals surface area contributed by atoms with Crippen molar-refractivity contribution >= 4 is 11.8 Å². The first kappa shape index (κ1) is 19.0. The lowest BCUT2D eigenvalue weighted by Crippen LogP contribution is -2.29. The first-order valence-electron chi connectivity index (χ1n) is 8.04. The highest BCUT2D eigenvalue weighted by Gasteiger charge is 2.11. The number of hydrogen-bond donors (Lipinski definition) is 2. The van der Waals surface area contributed by atoms with Crippen LogP contribution in [0.15, 0.2) is 55.3 Å². The van der Waals surface area contributed by atoms with E-state index in [0.29, 0.717) is 31.0 Å². The Balaban J connectivity index is 1.81. The molecule has 136 valence electrons. The van der Waals surface area contributed by atoms with Gasteiger partial charge in [0, 0.05) is 18.3 Å². The highest BCUT2D eigenvalue weighted by molar-refractivity contribution is 5.98. The number of methoxy groups -OCH3 is 1. The fourth-order valence-electron chi connectivity index (χ4n) is 2.06. The predicted octanol–water partition coefficient (Wildman–Crippen LogP) is 1.81. The van der Waals surface area contributed by atoms with Gasteiger partial charge in [-0.1, -0.05) is 6.08 Å². The van der Waals surface area contributed by atoms with Crippen molar-refractivity contribution in [1.29, 1.82) is 0 Å².